The molecule has 2 aliphatic carbocycles. The third-order valence-electron chi connectivity index (χ3n) is 9.00. The molecule has 6 rings (SSSR count). The van der Waals surface area contributed by atoms with Gasteiger partial charge < -0.3 is 0 Å². The van der Waals surface area contributed by atoms with Gasteiger partial charge in [-0.15, -0.1) is 0 Å². The molecular weight excluding hydrogens is 374 g/mol. The lowest BCUT2D eigenvalue weighted by Crippen LogP contribution is -2.72. The average molecular weight is 409 g/mol. The first-order valence-electron chi connectivity index (χ1n) is 12.3. The van der Waals surface area contributed by atoms with Crippen molar-refractivity contribution in [2.75, 3.05) is 0 Å². The molecule has 0 radical (unpaired) electrons. The average Bonchev–Trinajstić information content (AvgIpc) is 2.76. The van der Waals surface area contributed by atoms with Crippen LogP contribution in [-0.2, 0) is 22.8 Å². The molecule has 0 bridgehead atoms. The van der Waals surface area contributed by atoms with Crippen molar-refractivity contribution in [1.29, 1.82) is 0 Å². The van der Waals surface area contributed by atoms with Crippen LogP contribution in [0.1, 0.15) is 82.6 Å². The van der Waals surface area contributed by atoms with Crippen molar-refractivity contribution in [3.05, 3.63) is 77.0 Å². The highest BCUT2D eigenvalue weighted by Gasteiger charge is 2.65. The second-order valence-electron chi connectivity index (χ2n) is 10.5. The number of nitrogens with zero attached hydrogens (tertiary/aromatic N) is 1. The van der Waals surface area contributed by atoms with E-state index in [-0.39, 0.29) is 16.4 Å². The molecule has 158 valence electrons. The zero-order chi connectivity index (χ0) is 21.6. The van der Waals surface area contributed by atoms with Crippen molar-refractivity contribution in [1.82, 2.24) is 0 Å². The molecule has 0 fully saturated rings. The Morgan fingerprint density at radius 1 is 0.871 bits per heavy atom. The van der Waals surface area contributed by atoms with Gasteiger partial charge in [0.05, 0.1) is 16.4 Å². The van der Waals surface area contributed by atoms with Crippen LogP contribution in [0.3, 0.4) is 0 Å². The molecule has 2 unspecified atom stereocenters. The number of aromatic nitrogens is 1. The summed E-state index contributed by atoms with van der Waals surface area (Å²) in [7, 11) is 0. The topological polar surface area (TPSA) is 3.88 Å². The Labute approximate surface area is 186 Å². The maximum absolute atomic E-state index is 2.66. The van der Waals surface area contributed by atoms with E-state index in [0.29, 0.717) is 0 Å². The van der Waals surface area contributed by atoms with Gasteiger partial charge in [-0.05, 0) is 53.0 Å². The summed E-state index contributed by atoms with van der Waals surface area (Å²) in [6.07, 6.45) is 13.3. The number of allylic oxidation sites excluding steroid dienone is 2. The van der Waals surface area contributed by atoms with Crippen molar-refractivity contribution in [3.8, 4) is 11.3 Å². The molecule has 0 saturated carbocycles. The SMILES string of the molecule is CCCCc1cc2c3c4[n+](ccc3c1)C1(CC)C=CC1(CC)c1cccc(c1-4)C2(C)C. The molecule has 0 saturated heterocycles. The summed E-state index contributed by atoms with van der Waals surface area (Å²) in [5, 5.41) is 2.91. The number of benzene rings is 2. The number of unbranched alkanes of at least 4 members (excludes halogenated alkanes) is 1. The Hall–Kier alpha value is -2.41. The number of hydrogen-bond donors (Lipinski definition) is 0. The van der Waals surface area contributed by atoms with Gasteiger partial charge in [-0.3, -0.25) is 0 Å². The quantitative estimate of drug-likeness (QED) is 0.313. The number of aryl methyl sites for hydroxylation is 1. The van der Waals surface area contributed by atoms with E-state index in [0.717, 1.165) is 12.8 Å². The highest BCUT2D eigenvalue weighted by molar-refractivity contribution is 6.02. The van der Waals surface area contributed by atoms with Crippen LogP contribution in [0.25, 0.3) is 22.0 Å². The van der Waals surface area contributed by atoms with Gasteiger partial charge >= 0.3 is 0 Å². The van der Waals surface area contributed by atoms with Crippen molar-refractivity contribution >= 4 is 10.8 Å². The first kappa shape index (κ1) is 19.3. The highest BCUT2D eigenvalue weighted by atomic mass is 15.1. The molecular formula is C30H34N+. The van der Waals surface area contributed by atoms with Crippen LogP contribution in [0.4, 0.5) is 0 Å². The van der Waals surface area contributed by atoms with Crippen LogP contribution in [-0.4, -0.2) is 0 Å². The predicted octanol–water partition coefficient (Wildman–Crippen LogP) is 7.11. The molecule has 1 aromatic heterocycles. The van der Waals surface area contributed by atoms with Gasteiger partial charge in [0.1, 0.15) is 0 Å². The van der Waals surface area contributed by atoms with Gasteiger partial charge in [0.2, 0.25) is 5.69 Å². The van der Waals surface area contributed by atoms with Gasteiger partial charge in [-0.1, -0.05) is 77.4 Å². The molecule has 3 aromatic rings. The van der Waals surface area contributed by atoms with Crippen molar-refractivity contribution in [3.63, 3.8) is 0 Å². The lowest BCUT2D eigenvalue weighted by molar-refractivity contribution is -0.758. The standard InChI is InChI=1S/C30H34N/c1-6-9-11-20-18-21-14-17-31-27-25(21)24(19-20)28(4,5)22-12-10-13-23(26(22)27)29(7-2)15-16-30(29,31)8-3/h10,12-19H,6-9,11H2,1-5H3/q+1. The lowest BCUT2D eigenvalue weighted by Gasteiger charge is -2.54. The Balaban J connectivity index is 1.79. The second kappa shape index (κ2) is 6.09. The van der Waals surface area contributed by atoms with E-state index >= 15 is 0 Å². The molecule has 1 nitrogen and oxygen atoms in total. The number of fused-ring (bicyclic) bond motifs is 3. The molecule has 2 atom stereocenters. The Bertz CT molecular complexity index is 1280. The molecule has 0 N–H and O–H groups in total. The van der Waals surface area contributed by atoms with Crippen molar-refractivity contribution in [2.45, 2.75) is 83.1 Å². The maximum atomic E-state index is 2.66. The van der Waals surface area contributed by atoms with E-state index in [2.05, 4.69) is 93.9 Å². The summed E-state index contributed by atoms with van der Waals surface area (Å²) < 4.78 is 2.66. The molecule has 2 heterocycles. The zero-order valence-corrected chi connectivity index (χ0v) is 19.7. The monoisotopic (exact) mass is 408 g/mol. The van der Waals surface area contributed by atoms with Crippen molar-refractivity contribution < 1.29 is 4.57 Å². The first-order valence-corrected chi connectivity index (χ1v) is 12.3. The third-order valence-corrected chi connectivity index (χ3v) is 9.00. The number of hydrogen-bond acceptors (Lipinski definition) is 0. The minimum absolute atomic E-state index is 0.00656. The van der Waals surface area contributed by atoms with Gasteiger partial charge in [0, 0.05) is 17.9 Å². The van der Waals surface area contributed by atoms with E-state index in [1.807, 2.05) is 0 Å². The molecule has 3 aliphatic rings. The predicted molar refractivity (Wildman–Crippen MR) is 130 cm³/mol. The van der Waals surface area contributed by atoms with E-state index in [9.17, 15) is 0 Å². The molecule has 31 heavy (non-hydrogen) atoms. The highest BCUT2D eigenvalue weighted by Crippen LogP contribution is 2.61. The second-order valence-corrected chi connectivity index (χ2v) is 10.5. The van der Waals surface area contributed by atoms with Crippen LogP contribution >= 0.6 is 0 Å². The first-order chi connectivity index (χ1) is 14.9. The fraction of sp³-hybridized carbons (Fsp3) is 0.433. The minimum atomic E-state index is 0.00656. The summed E-state index contributed by atoms with van der Waals surface area (Å²) in [6.45, 7) is 11.9. The Morgan fingerprint density at radius 3 is 2.35 bits per heavy atom. The zero-order valence-electron chi connectivity index (χ0n) is 19.7. The lowest BCUT2D eigenvalue weighted by atomic mass is 9.50. The summed E-state index contributed by atoms with van der Waals surface area (Å²) in [4.78, 5) is 0. The van der Waals surface area contributed by atoms with Gasteiger partial charge in [0.25, 0.3) is 0 Å². The fourth-order valence-electron chi connectivity index (χ4n) is 7.23. The molecule has 0 amide bonds. The van der Waals surface area contributed by atoms with Crippen LogP contribution in [0, 0.1) is 0 Å². The third kappa shape index (κ3) is 2.02. The van der Waals surface area contributed by atoms with E-state index in [1.165, 1.54) is 58.0 Å². The van der Waals surface area contributed by atoms with E-state index in [1.54, 1.807) is 5.56 Å². The fourth-order valence-corrected chi connectivity index (χ4v) is 7.23. The summed E-state index contributed by atoms with van der Waals surface area (Å²) >= 11 is 0. The summed E-state index contributed by atoms with van der Waals surface area (Å²) in [5.74, 6) is 0. The van der Waals surface area contributed by atoms with E-state index < -0.39 is 0 Å². The summed E-state index contributed by atoms with van der Waals surface area (Å²) in [5.41, 5.74) is 9.22. The normalized spacial score (nSPS) is 26.0. The van der Waals surface area contributed by atoms with Gasteiger partial charge in [0.15, 0.2) is 11.7 Å². The van der Waals surface area contributed by atoms with Gasteiger partial charge in [-0.25, -0.2) is 0 Å². The number of rotatable bonds is 5. The minimum Gasteiger partial charge on any atom is -0.187 e. The molecule has 1 heteroatoms. The van der Waals surface area contributed by atoms with Crippen molar-refractivity contribution in [2.24, 2.45) is 0 Å². The smallest absolute Gasteiger partial charge is 0.187 e. The summed E-state index contributed by atoms with van der Waals surface area (Å²) in [6, 6.07) is 14.5. The maximum Gasteiger partial charge on any atom is 0.222 e. The van der Waals surface area contributed by atoms with Gasteiger partial charge in [-0.2, -0.15) is 4.57 Å². The number of pyridine rings is 1. The molecule has 1 aliphatic heterocycles. The van der Waals surface area contributed by atoms with Crippen LogP contribution < -0.4 is 4.57 Å². The Morgan fingerprint density at radius 2 is 1.68 bits per heavy atom. The Kier molecular flexibility index (Phi) is 3.79. The van der Waals surface area contributed by atoms with Crippen LogP contribution in [0.2, 0.25) is 0 Å². The van der Waals surface area contributed by atoms with E-state index in [4.69, 9.17) is 0 Å². The molecule has 0 spiro atoms. The molecule has 2 aromatic carbocycles. The van der Waals surface area contributed by atoms with Crippen LogP contribution in [0.5, 0.6) is 0 Å². The largest absolute Gasteiger partial charge is 0.222 e. The van der Waals surface area contributed by atoms with Crippen LogP contribution in [0.15, 0.2) is 54.7 Å².